The number of rotatable bonds is 1. The van der Waals surface area contributed by atoms with Crippen LogP contribution in [0.1, 0.15) is 13.3 Å². The smallest absolute Gasteiger partial charge is 0.162 e. The third-order valence-corrected chi connectivity index (χ3v) is 2.45. The highest BCUT2D eigenvalue weighted by molar-refractivity contribution is 5.59. The summed E-state index contributed by atoms with van der Waals surface area (Å²) in [7, 11) is 0. The standard InChI is InChI=1S/C8H14N2O2/c1-8(6-9-4-5-11-8)7-2-3-10-12-7/h3,7,9H,2,4-6H2,1H3. The van der Waals surface area contributed by atoms with E-state index in [-0.39, 0.29) is 11.7 Å². The molecule has 0 bridgehead atoms. The molecule has 2 aliphatic rings. The Bertz CT molecular complexity index is 179. The molecule has 0 spiro atoms. The van der Waals surface area contributed by atoms with Crippen LogP contribution in [0, 0.1) is 0 Å². The molecule has 1 N–H and O–H groups in total. The van der Waals surface area contributed by atoms with Crippen LogP contribution < -0.4 is 5.32 Å². The molecule has 68 valence electrons. The van der Waals surface area contributed by atoms with Crippen LogP contribution in [0.2, 0.25) is 0 Å². The summed E-state index contributed by atoms with van der Waals surface area (Å²) in [5, 5.41) is 7.04. The number of ether oxygens (including phenoxy) is 1. The molecule has 0 aromatic rings. The zero-order valence-corrected chi connectivity index (χ0v) is 7.25. The molecule has 0 saturated carbocycles. The summed E-state index contributed by atoms with van der Waals surface area (Å²) in [4.78, 5) is 5.20. The van der Waals surface area contributed by atoms with Crippen molar-refractivity contribution in [3.05, 3.63) is 0 Å². The monoisotopic (exact) mass is 170 g/mol. The first kappa shape index (κ1) is 8.01. The predicted octanol–water partition coefficient (Wildman–Crippen LogP) is 0.140. The van der Waals surface area contributed by atoms with Crippen molar-refractivity contribution in [1.82, 2.24) is 5.32 Å². The molecular formula is C8H14N2O2. The van der Waals surface area contributed by atoms with Crippen LogP contribution in [-0.4, -0.2) is 37.6 Å². The minimum atomic E-state index is -0.200. The number of hydrogen-bond donors (Lipinski definition) is 1. The maximum atomic E-state index is 5.68. The lowest BCUT2D eigenvalue weighted by atomic mass is 9.96. The Morgan fingerprint density at radius 2 is 2.58 bits per heavy atom. The van der Waals surface area contributed by atoms with Crippen molar-refractivity contribution in [2.24, 2.45) is 5.16 Å². The molecule has 1 saturated heterocycles. The highest BCUT2D eigenvalue weighted by Gasteiger charge is 2.39. The fourth-order valence-corrected chi connectivity index (χ4v) is 1.61. The molecule has 2 unspecified atom stereocenters. The van der Waals surface area contributed by atoms with Gasteiger partial charge in [-0.3, -0.25) is 0 Å². The van der Waals surface area contributed by atoms with Gasteiger partial charge in [-0.15, -0.1) is 0 Å². The fourth-order valence-electron chi connectivity index (χ4n) is 1.61. The van der Waals surface area contributed by atoms with E-state index in [4.69, 9.17) is 9.57 Å². The van der Waals surface area contributed by atoms with Crippen LogP contribution in [-0.2, 0) is 9.57 Å². The van der Waals surface area contributed by atoms with Crippen LogP contribution in [0.15, 0.2) is 5.16 Å². The minimum Gasteiger partial charge on any atom is -0.389 e. The lowest BCUT2D eigenvalue weighted by molar-refractivity contribution is -0.138. The van der Waals surface area contributed by atoms with Crippen LogP contribution in [0.5, 0.6) is 0 Å². The summed E-state index contributed by atoms with van der Waals surface area (Å²) in [6, 6.07) is 0. The summed E-state index contributed by atoms with van der Waals surface area (Å²) in [5.74, 6) is 0. The third-order valence-electron chi connectivity index (χ3n) is 2.45. The van der Waals surface area contributed by atoms with Crippen LogP contribution in [0.25, 0.3) is 0 Å². The quantitative estimate of drug-likeness (QED) is 0.608. The molecular weight excluding hydrogens is 156 g/mol. The molecule has 4 nitrogen and oxygen atoms in total. The first-order valence-electron chi connectivity index (χ1n) is 4.34. The number of morpholine rings is 1. The predicted molar refractivity (Wildman–Crippen MR) is 45.2 cm³/mol. The molecule has 1 fully saturated rings. The zero-order valence-electron chi connectivity index (χ0n) is 7.25. The van der Waals surface area contributed by atoms with Crippen LogP contribution in [0.3, 0.4) is 0 Å². The summed E-state index contributed by atoms with van der Waals surface area (Å²) < 4.78 is 5.68. The van der Waals surface area contributed by atoms with Gasteiger partial charge in [-0.05, 0) is 6.92 Å². The molecule has 4 heteroatoms. The Labute approximate surface area is 71.9 Å². The van der Waals surface area contributed by atoms with E-state index in [0.717, 1.165) is 26.1 Å². The maximum absolute atomic E-state index is 5.68. The van der Waals surface area contributed by atoms with E-state index in [1.807, 2.05) is 0 Å². The summed E-state index contributed by atoms with van der Waals surface area (Å²) in [6.45, 7) is 4.61. The number of nitrogens with zero attached hydrogens (tertiary/aromatic N) is 1. The average Bonchev–Trinajstić information content (AvgIpc) is 2.58. The van der Waals surface area contributed by atoms with E-state index in [9.17, 15) is 0 Å². The molecule has 2 aliphatic heterocycles. The first-order valence-corrected chi connectivity index (χ1v) is 4.34. The van der Waals surface area contributed by atoms with E-state index >= 15 is 0 Å². The lowest BCUT2D eigenvalue weighted by Crippen LogP contribution is -2.54. The molecule has 12 heavy (non-hydrogen) atoms. The maximum Gasteiger partial charge on any atom is 0.162 e. The second kappa shape index (κ2) is 3.03. The van der Waals surface area contributed by atoms with Crippen molar-refractivity contribution >= 4 is 6.21 Å². The van der Waals surface area contributed by atoms with Gasteiger partial charge in [-0.25, -0.2) is 0 Å². The SMILES string of the molecule is CC1(C2CC=NO2)CNCCO1. The molecule has 0 amide bonds. The van der Waals surface area contributed by atoms with Crippen molar-refractivity contribution in [2.75, 3.05) is 19.7 Å². The van der Waals surface area contributed by atoms with Gasteiger partial charge < -0.3 is 14.9 Å². The molecule has 0 aromatic heterocycles. The molecule has 2 heterocycles. The number of oxime groups is 1. The Kier molecular flexibility index (Phi) is 2.02. The summed E-state index contributed by atoms with van der Waals surface area (Å²) in [6.07, 6.45) is 2.75. The second-order valence-corrected chi connectivity index (χ2v) is 3.46. The largest absolute Gasteiger partial charge is 0.389 e. The van der Waals surface area contributed by atoms with Gasteiger partial charge in [0.25, 0.3) is 0 Å². The van der Waals surface area contributed by atoms with Gasteiger partial charge >= 0.3 is 0 Å². The average molecular weight is 170 g/mol. The highest BCUT2D eigenvalue weighted by atomic mass is 16.7. The van der Waals surface area contributed by atoms with E-state index < -0.39 is 0 Å². The van der Waals surface area contributed by atoms with Gasteiger partial charge in [0.05, 0.1) is 6.61 Å². The van der Waals surface area contributed by atoms with Gasteiger partial charge in [0.2, 0.25) is 0 Å². The highest BCUT2D eigenvalue weighted by Crippen LogP contribution is 2.24. The first-order chi connectivity index (χ1) is 5.81. The van der Waals surface area contributed by atoms with Gasteiger partial charge in [0.15, 0.2) is 6.10 Å². The Balaban J connectivity index is 1.98. The molecule has 2 atom stereocenters. The van der Waals surface area contributed by atoms with Crippen molar-refractivity contribution in [2.45, 2.75) is 25.0 Å². The van der Waals surface area contributed by atoms with Gasteiger partial charge in [-0.1, -0.05) is 5.16 Å². The normalized spacial score (nSPS) is 41.2. The Morgan fingerprint density at radius 3 is 3.17 bits per heavy atom. The van der Waals surface area contributed by atoms with Gasteiger partial charge in [-0.2, -0.15) is 0 Å². The van der Waals surface area contributed by atoms with E-state index in [2.05, 4.69) is 17.4 Å². The molecule has 0 radical (unpaired) electrons. The van der Waals surface area contributed by atoms with Crippen molar-refractivity contribution < 1.29 is 9.57 Å². The lowest BCUT2D eigenvalue weighted by Gasteiger charge is -2.37. The third kappa shape index (κ3) is 1.32. The number of nitrogens with one attached hydrogen (secondary N) is 1. The van der Waals surface area contributed by atoms with Crippen molar-refractivity contribution in [3.63, 3.8) is 0 Å². The molecule has 2 rings (SSSR count). The Hall–Kier alpha value is -0.610. The summed E-state index contributed by atoms with van der Waals surface area (Å²) in [5.41, 5.74) is -0.200. The van der Waals surface area contributed by atoms with E-state index in [1.165, 1.54) is 0 Å². The van der Waals surface area contributed by atoms with E-state index in [0.29, 0.717) is 0 Å². The molecule has 0 aliphatic carbocycles. The zero-order chi connectivity index (χ0) is 8.44. The summed E-state index contributed by atoms with van der Waals surface area (Å²) >= 11 is 0. The van der Waals surface area contributed by atoms with Gasteiger partial charge in [0, 0.05) is 25.7 Å². The minimum absolute atomic E-state index is 0.0882. The number of hydrogen-bond acceptors (Lipinski definition) is 4. The van der Waals surface area contributed by atoms with Crippen LogP contribution in [0.4, 0.5) is 0 Å². The van der Waals surface area contributed by atoms with Crippen molar-refractivity contribution in [3.8, 4) is 0 Å². The second-order valence-electron chi connectivity index (χ2n) is 3.46. The van der Waals surface area contributed by atoms with Crippen LogP contribution >= 0.6 is 0 Å². The fraction of sp³-hybridized carbons (Fsp3) is 0.875. The molecule has 0 aromatic carbocycles. The topological polar surface area (TPSA) is 42.8 Å². The van der Waals surface area contributed by atoms with Gasteiger partial charge in [0.1, 0.15) is 5.60 Å². The Morgan fingerprint density at radius 1 is 1.67 bits per heavy atom. The van der Waals surface area contributed by atoms with E-state index in [1.54, 1.807) is 6.21 Å². The van der Waals surface area contributed by atoms with Crippen molar-refractivity contribution in [1.29, 1.82) is 0 Å².